The maximum atomic E-state index is 11.2. The van der Waals surface area contributed by atoms with E-state index in [1.165, 1.54) is 12.5 Å². The van der Waals surface area contributed by atoms with Crippen molar-refractivity contribution in [3.05, 3.63) is 48.0 Å². The third kappa shape index (κ3) is 4.13. The SMILES string of the molecule is CCCOc1ccc(-c2ccc3c(c2)O[C@H]([C@H](C)NC(C)=O)C3)cc1. The lowest BCUT2D eigenvalue weighted by atomic mass is 10.0. The van der Waals surface area contributed by atoms with Crippen LogP contribution in [0.25, 0.3) is 11.1 Å². The predicted octanol–water partition coefficient (Wildman–Crippen LogP) is 3.97. The number of carbonyl (C=O) groups is 1. The summed E-state index contributed by atoms with van der Waals surface area (Å²) in [6.45, 7) is 6.34. The zero-order valence-corrected chi connectivity index (χ0v) is 15.0. The van der Waals surface area contributed by atoms with Crippen molar-refractivity contribution in [3.63, 3.8) is 0 Å². The van der Waals surface area contributed by atoms with Crippen LogP contribution >= 0.6 is 0 Å². The summed E-state index contributed by atoms with van der Waals surface area (Å²) in [5, 5.41) is 2.91. The summed E-state index contributed by atoms with van der Waals surface area (Å²) in [7, 11) is 0. The minimum absolute atomic E-state index is 0.0108. The van der Waals surface area contributed by atoms with Crippen molar-refractivity contribution in [2.45, 2.75) is 45.8 Å². The van der Waals surface area contributed by atoms with Gasteiger partial charge < -0.3 is 14.8 Å². The molecule has 4 heteroatoms. The van der Waals surface area contributed by atoms with Crippen LogP contribution in [0.2, 0.25) is 0 Å². The molecule has 0 bridgehead atoms. The van der Waals surface area contributed by atoms with Gasteiger partial charge in [0.1, 0.15) is 17.6 Å². The van der Waals surface area contributed by atoms with E-state index in [2.05, 4.69) is 42.6 Å². The van der Waals surface area contributed by atoms with Gasteiger partial charge in [-0.2, -0.15) is 0 Å². The Morgan fingerprint density at radius 2 is 1.96 bits per heavy atom. The molecule has 3 rings (SSSR count). The van der Waals surface area contributed by atoms with Crippen LogP contribution in [-0.2, 0) is 11.2 Å². The first-order chi connectivity index (χ1) is 12.1. The molecular formula is C21H25NO3. The number of hydrogen-bond donors (Lipinski definition) is 1. The second-order valence-corrected chi connectivity index (χ2v) is 6.54. The molecule has 25 heavy (non-hydrogen) atoms. The van der Waals surface area contributed by atoms with E-state index in [9.17, 15) is 4.79 Å². The Morgan fingerprint density at radius 3 is 2.64 bits per heavy atom. The minimum atomic E-state index is -0.0295. The maximum absolute atomic E-state index is 11.2. The van der Waals surface area contributed by atoms with E-state index in [1.54, 1.807) is 0 Å². The summed E-state index contributed by atoms with van der Waals surface area (Å²) in [5.74, 6) is 1.77. The smallest absolute Gasteiger partial charge is 0.217 e. The highest BCUT2D eigenvalue weighted by atomic mass is 16.5. The zero-order valence-electron chi connectivity index (χ0n) is 15.0. The number of benzene rings is 2. The molecule has 0 unspecified atom stereocenters. The van der Waals surface area contributed by atoms with Crippen LogP contribution in [-0.4, -0.2) is 24.7 Å². The zero-order chi connectivity index (χ0) is 17.8. The molecule has 0 saturated heterocycles. The molecule has 2 aromatic carbocycles. The minimum Gasteiger partial charge on any atom is -0.494 e. The van der Waals surface area contributed by atoms with E-state index in [0.29, 0.717) is 0 Å². The molecule has 0 aliphatic carbocycles. The molecule has 0 radical (unpaired) electrons. The van der Waals surface area contributed by atoms with Crippen molar-refractivity contribution in [1.82, 2.24) is 5.32 Å². The highest BCUT2D eigenvalue weighted by Crippen LogP contribution is 2.34. The Balaban J connectivity index is 1.72. The largest absolute Gasteiger partial charge is 0.494 e. The topological polar surface area (TPSA) is 47.6 Å². The van der Waals surface area contributed by atoms with Crippen LogP contribution in [0.4, 0.5) is 0 Å². The molecule has 1 aliphatic rings. The predicted molar refractivity (Wildman–Crippen MR) is 99.1 cm³/mol. The molecule has 0 fully saturated rings. The van der Waals surface area contributed by atoms with Crippen LogP contribution < -0.4 is 14.8 Å². The molecule has 4 nitrogen and oxygen atoms in total. The van der Waals surface area contributed by atoms with Crippen LogP contribution in [0.1, 0.15) is 32.8 Å². The Morgan fingerprint density at radius 1 is 1.24 bits per heavy atom. The lowest BCUT2D eigenvalue weighted by Crippen LogP contribution is -2.42. The Bertz CT molecular complexity index is 739. The summed E-state index contributed by atoms with van der Waals surface area (Å²) in [5.41, 5.74) is 3.44. The molecular weight excluding hydrogens is 314 g/mol. The van der Waals surface area contributed by atoms with Gasteiger partial charge in [0.2, 0.25) is 5.91 Å². The normalized spacial score (nSPS) is 16.7. The van der Waals surface area contributed by atoms with E-state index in [-0.39, 0.29) is 18.1 Å². The van der Waals surface area contributed by atoms with Crippen molar-refractivity contribution in [3.8, 4) is 22.6 Å². The highest BCUT2D eigenvalue weighted by molar-refractivity contribution is 5.73. The van der Waals surface area contributed by atoms with Crippen molar-refractivity contribution in [2.75, 3.05) is 6.61 Å². The average molecular weight is 339 g/mol. The number of rotatable bonds is 6. The average Bonchev–Trinajstić information content (AvgIpc) is 3.03. The Kier molecular flexibility index (Phi) is 5.27. The Hall–Kier alpha value is -2.49. The van der Waals surface area contributed by atoms with Gasteiger partial charge in [-0.1, -0.05) is 31.2 Å². The van der Waals surface area contributed by atoms with Gasteiger partial charge in [-0.15, -0.1) is 0 Å². The van der Waals surface area contributed by atoms with Crippen molar-refractivity contribution < 1.29 is 14.3 Å². The first kappa shape index (κ1) is 17.3. The first-order valence-electron chi connectivity index (χ1n) is 8.86. The standard InChI is InChI=1S/C21H25NO3/c1-4-11-24-19-9-7-16(8-10-19)17-5-6-18-13-20(25-21(18)12-17)14(2)22-15(3)23/h5-10,12,14,20H,4,11,13H2,1-3H3,(H,22,23)/t14-,20-/m0/s1. The molecule has 2 atom stereocenters. The van der Waals surface area contributed by atoms with Gasteiger partial charge in [-0.05, 0) is 48.2 Å². The second-order valence-electron chi connectivity index (χ2n) is 6.54. The molecule has 0 aromatic heterocycles. The molecule has 1 heterocycles. The lowest BCUT2D eigenvalue weighted by molar-refractivity contribution is -0.120. The molecule has 1 N–H and O–H groups in total. The van der Waals surface area contributed by atoms with Gasteiger partial charge in [0.05, 0.1) is 12.6 Å². The van der Waals surface area contributed by atoms with Gasteiger partial charge in [0.15, 0.2) is 0 Å². The van der Waals surface area contributed by atoms with Gasteiger partial charge in [-0.3, -0.25) is 4.79 Å². The molecule has 0 spiro atoms. The van der Waals surface area contributed by atoms with Crippen LogP contribution in [0.5, 0.6) is 11.5 Å². The summed E-state index contributed by atoms with van der Waals surface area (Å²) in [6.07, 6.45) is 1.81. The molecule has 1 aliphatic heterocycles. The van der Waals surface area contributed by atoms with E-state index in [4.69, 9.17) is 9.47 Å². The fourth-order valence-electron chi connectivity index (χ4n) is 3.09. The fraction of sp³-hybridized carbons (Fsp3) is 0.381. The summed E-state index contributed by atoms with van der Waals surface area (Å²) in [6, 6.07) is 14.4. The molecule has 0 saturated carbocycles. The van der Waals surface area contributed by atoms with Gasteiger partial charge >= 0.3 is 0 Å². The van der Waals surface area contributed by atoms with E-state index in [1.807, 2.05) is 19.1 Å². The van der Waals surface area contributed by atoms with Crippen molar-refractivity contribution in [2.24, 2.45) is 0 Å². The number of amides is 1. The number of nitrogens with one attached hydrogen (secondary N) is 1. The number of ether oxygens (including phenoxy) is 2. The third-order valence-corrected chi connectivity index (χ3v) is 4.42. The highest BCUT2D eigenvalue weighted by Gasteiger charge is 2.28. The van der Waals surface area contributed by atoms with Crippen LogP contribution in [0.15, 0.2) is 42.5 Å². The fourth-order valence-corrected chi connectivity index (χ4v) is 3.09. The number of carbonyl (C=O) groups excluding carboxylic acids is 1. The third-order valence-electron chi connectivity index (χ3n) is 4.42. The van der Waals surface area contributed by atoms with Gasteiger partial charge in [-0.25, -0.2) is 0 Å². The van der Waals surface area contributed by atoms with Gasteiger partial charge in [0.25, 0.3) is 0 Å². The summed E-state index contributed by atoms with van der Waals surface area (Å²) >= 11 is 0. The quantitative estimate of drug-likeness (QED) is 0.866. The van der Waals surface area contributed by atoms with Gasteiger partial charge in [0, 0.05) is 13.3 Å². The Labute approximate surface area is 149 Å². The van der Waals surface area contributed by atoms with Crippen LogP contribution in [0.3, 0.4) is 0 Å². The number of fused-ring (bicyclic) bond motifs is 1. The first-order valence-corrected chi connectivity index (χ1v) is 8.86. The van der Waals surface area contributed by atoms with E-state index in [0.717, 1.165) is 42.1 Å². The van der Waals surface area contributed by atoms with E-state index < -0.39 is 0 Å². The number of hydrogen-bond acceptors (Lipinski definition) is 3. The van der Waals surface area contributed by atoms with E-state index >= 15 is 0 Å². The summed E-state index contributed by atoms with van der Waals surface area (Å²) in [4.78, 5) is 11.2. The molecule has 1 amide bonds. The molecule has 132 valence electrons. The monoisotopic (exact) mass is 339 g/mol. The second kappa shape index (κ2) is 7.60. The lowest BCUT2D eigenvalue weighted by Gasteiger charge is -2.19. The molecule has 2 aromatic rings. The van der Waals surface area contributed by atoms with Crippen molar-refractivity contribution >= 4 is 5.91 Å². The summed E-state index contributed by atoms with van der Waals surface area (Å²) < 4.78 is 11.7. The maximum Gasteiger partial charge on any atom is 0.217 e. The van der Waals surface area contributed by atoms with Crippen LogP contribution in [0, 0.1) is 0 Å². The van der Waals surface area contributed by atoms with Crippen molar-refractivity contribution in [1.29, 1.82) is 0 Å².